The molecule has 2 aliphatic heterocycles. The summed E-state index contributed by atoms with van der Waals surface area (Å²) in [5.41, 5.74) is 4.15. The minimum atomic E-state index is -0.438. The zero-order chi connectivity index (χ0) is 20.5. The number of halogens is 1. The van der Waals surface area contributed by atoms with Gasteiger partial charge in [0.25, 0.3) is 11.8 Å². The van der Waals surface area contributed by atoms with E-state index in [-0.39, 0.29) is 10.9 Å². The highest BCUT2D eigenvalue weighted by molar-refractivity contribution is 6.52. The van der Waals surface area contributed by atoms with Crippen LogP contribution in [0.3, 0.4) is 0 Å². The molecule has 2 amide bonds. The van der Waals surface area contributed by atoms with Crippen LogP contribution in [0.1, 0.15) is 16.7 Å². The summed E-state index contributed by atoms with van der Waals surface area (Å²) < 4.78 is 0. The Balaban J connectivity index is 1.49. The molecular weight excluding hydrogens is 386 g/mol. The summed E-state index contributed by atoms with van der Waals surface area (Å²) in [6.45, 7) is 7.71. The molecule has 2 aliphatic rings. The summed E-state index contributed by atoms with van der Waals surface area (Å²) in [7, 11) is 0. The van der Waals surface area contributed by atoms with Gasteiger partial charge in [0.15, 0.2) is 0 Å². The van der Waals surface area contributed by atoms with Gasteiger partial charge in [-0.2, -0.15) is 0 Å². The van der Waals surface area contributed by atoms with Crippen LogP contribution in [-0.4, -0.2) is 47.8 Å². The fraction of sp³-hybridized carbons (Fsp3) is 0.304. The number of anilines is 1. The number of benzene rings is 2. The monoisotopic (exact) mass is 409 g/mol. The van der Waals surface area contributed by atoms with E-state index in [0.717, 1.165) is 30.8 Å². The first-order valence-corrected chi connectivity index (χ1v) is 10.2. The van der Waals surface area contributed by atoms with E-state index in [0.29, 0.717) is 24.5 Å². The van der Waals surface area contributed by atoms with Crippen molar-refractivity contribution in [2.45, 2.75) is 20.4 Å². The molecule has 0 bridgehead atoms. The molecule has 0 aliphatic carbocycles. The lowest BCUT2D eigenvalue weighted by molar-refractivity contribution is -0.121. The van der Waals surface area contributed by atoms with Crippen molar-refractivity contribution < 1.29 is 9.59 Å². The molecule has 0 aromatic heterocycles. The van der Waals surface area contributed by atoms with Gasteiger partial charge in [-0.15, -0.1) is 0 Å². The number of amides is 2. The quantitative estimate of drug-likeness (QED) is 0.725. The normalized spacial score (nSPS) is 18.2. The summed E-state index contributed by atoms with van der Waals surface area (Å²) in [6, 6.07) is 15.9. The molecule has 0 radical (unpaired) electrons. The number of piperazine rings is 1. The molecule has 0 atom stereocenters. The zero-order valence-electron chi connectivity index (χ0n) is 16.7. The van der Waals surface area contributed by atoms with E-state index in [1.807, 2.05) is 49.1 Å². The van der Waals surface area contributed by atoms with E-state index in [2.05, 4.69) is 17.0 Å². The van der Waals surface area contributed by atoms with Gasteiger partial charge in [-0.1, -0.05) is 54.1 Å². The number of carbonyl (C=O) groups is 2. The average Bonchev–Trinajstić information content (AvgIpc) is 2.94. The fourth-order valence-electron chi connectivity index (χ4n) is 3.93. The van der Waals surface area contributed by atoms with E-state index in [1.54, 1.807) is 6.07 Å². The van der Waals surface area contributed by atoms with Gasteiger partial charge in [0, 0.05) is 32.7 Å². The van der Waals surface area contributed by atoms with Gasteiger partial charge >= 0.3 is 0 Å². The molecule has 1 saturated heterocycles. The number of rotatable bonds is 4. The Bertz CT molecular complexity index is 979. The fourth-order valence-corrected chi connectivity index (χ4v) is 4.22. The van der Waals surface area contributed by atoms with E-state index < -0.39 is 5.91 Å². The highest BCUT2D eigenvalue weighted by Gasteiger charge is 2.42. The largest absolute Gasteiger partial charge is 0.363 e. The van der Waals surface area contributed by atoms with Gasteiger partial charge in [-0.25, -0.2) is 4.90 Å². The van der Waals surface area contributed by atoms with Crippen molar-refractivity contribution in [1.29, 1.82) is 0 Å². The van der Waals surface area contributed by atoms with Crippen molar-refractivity contribution in [3.8, 4) is 0 Å². The second-order valence-electron chi connectivity index (χ2n) is 7.58. The molecule has 1 fully saturated rings. The lowest BCUT2D eigenvalue weighted by Gasteiger charge is -2.36. The van der Waals surface area contributed by atoms with E-state index in [4.69, 9.17) is 11.6 Å². The molecular formula is C23H24ClN3O2. The van der Waals surface area contributed by atoms with Crippen molar-refractivity contribution in [3.63, 3.8) is 0 Å². The Morgan fingerprint density at radius 1 is 0.862 bits per heavy atom. The average molecular weight is 410 g/mol. The number of hydrogen-bond acceptors (Lipinski definition) is 4. The number of hydrogen-bond donors (Lipinski definition) is 0. The molecule has 0 spiro atoms. The van der Waals surface area contributed by atoms with Crippen molar-refractivity contribution in [2.75, 3.05) is 31.1 Å². The number of aryl methyl sites for hydroxylation is 1. The summed E-state index contributed by atoms with van der Waals surface area (Å²) in [5, 5.41) is 0.0208. The minimum Gasteiger partial charge on any atom is -0.363 e. The van der Waals surface area contributed by atoms with Crippen LogP contribution in [0.25, 0.3) is 0 Å². The molecule has 2 aromatic carbocycles. The van der Waals surface area contributed by atoms with Crippen LogP contribution in [0.2, 0.25) is 0 Å². The Morgan fingerprint density at radius 3 is 2.24 bits per heavy atom. The maximum absolute atomic E-state index is 13.2. The highest BCUT2D eigenvalue weighted by Crippen LogP contribution is 2.34. The van der Waals surface area contributed by atoms with Gasteiger partial charge < -0.3 is 4.90 Å². The van der Waals surface area contributed by atoms with Crippen molar-refractivity contribution in [3.05, 3.63) is 76.0 Å². The Kier molecular flexibility index (Phi) is 5.43. The van der Waals surface area contributed by atoms with Gasteiger partial charge in [0.05, 0.1) is 5.69 Å². The van der Waals surface area contributed by atoms with Crippen molar-refractivity contribution in [2.24, 2.45) is 0 Å². The number of imide groups is 1. The molecule has 29 heavy (non-hydrogen) atoms. The maximum atomic E-state index is 13.2. The second-order valence-corrected chi connectivity index (χ2v) is 7.95. The smallest absolute Gasteiger partial charge is 0.283 e. The SMILES string of the molecule is Cc1cccc(N2C(=O)C(Cl)=C(N3CCN(Cc4ccccc4)CC3)C2=O)c1C. The lowest BCUT2D eigenvalue weighted by Crippen LogP contribution is -2.47. The standard InChI is InChI=1S/C23H24ClN3O2/c1-16-7-6-10-19(17(16)2)27-22(28)20(24)21(23(27)29)26-13-11-25(12-14-26)15-18-8-4-3-5-9-18/h3-10H,11-15H2,1-2H3. The second kappa shape index (κ2) is 8.01. The number of carbonyl (C=O) groups excluding carboxylic acids is 2. The summed E-state index contributed by atoms with van der Waals surface area (Å²) in [6.07, 6.45) is 0. The van der Waals surface area contributed by atoms with Crippen LogP contribution in [0.4, 0.5) is 5.69 Å². The predicted molar refractivity (Wildman–Crippen MR) is 115 cm³/mol. The van der Waals surface area contributed by atoms with Crippen molar-refractivity contribution >= 4 is 29.1 Å². The van der Waals surface area contributed by atoms with E-state index in [9.17, 15) is 9.59 Å². The topological polar surface area (TPSA) is 43.9 Å². The lowest BCUT2D eigenvalue weighted by atomic mass is 10.1. The maximum Gasteiger partial charge on any atom is 0.283 e. The van der Waals surface area contributed by atoms with Gasteiger partial charge in [0.1, 0.15) is 10.7 Å². The highest BCUT2D eigenvalue weighted by atomic mass is 35.5. The van der Waals surface area contributed by atoms with Crippen LogP contribution < -0.4 is 4.90 Å². The third-order valence-electron chi connectivity index (χ3n) is 5.76. The molecule has 0 unspecified atom stereocenters. The predicted octanol–water partition coefficient (Wildman–Crippen LogP) is 3.44. The molecule has 2 heterocycles. The van der Waals surface area contributed by atoms with E-state index >= 15 is 0 Å². The van der Waals surface area contributed by atoms with Crippen LogP contribution in [0.5, 0.6) is 0 Å². The molecule has 6 heteroatoms. The van der Waals surface area contributed by atoms with Crippen molar-refractivity contribution in [1.82, 2.24) is 9.80 Å². The van der Waals surface area contributed by atoms with Gasteiger partial charge in [-0.05, 0) is 36.6 Å². The van der Waals surface area contributed by atoms with Crippen LogP contribution in [0.15, 0.2) is 59.3 Å². The molecule has 5 nitrogen and oxygen atoms in total. The summed E-state index contributed by atoms with van der Waals surface area (Å²) in [4.78, 5) is 31.5. The first-order chi connectivity index (χ1) is 14.0. The summed E-state index contributed by atoms with van der Waals surface area (Å²) in [5.74, 6) is -0.766. The van der Waals surface area contributed by atoms with E-state index in [1.165, 1.54) is 10.5 Å². The zero-order valence-corrected chi connectivity index (χ0v) is 17.4. The van der Waals surface area contributed by atoms with Gasteiger partial charge in [-0.3, -0.25) is 14.5 Å². The van der Waals surface area contributed by atoms with Gasteiger partial charge in [0.2, 0.25) is 0 Å². The number of nitrogens with zero attached hydrogens (tertiary/aromatic N) is 3. The summed E-state index contributed by atoms with van der Waals surface area (Å²) >= 11 is 6.37. The Labute approximate surface area is 176 Å². The van der Waals surface area contributed by atoms with Crippen LogP contribution >= 0.6 is 11.6 Å². The molecule has 4 rings (SSSR count). The molecule has 0 saturated carbocycles. The third kappa shape index (κ3) is 3.68. The third-order valence-corrected chi connectivity index (χ3v) is 6.10. The first-order valence-electron chi connectivity index (χ1n) is 9.83. The molecule has 150 valence electrons. The van der Waals surface area contributed by atoms with Crippen LogP contribution in [0, 0.1) is 13.8 Å². The molecule has 0 N–H and O–H groups in total. The first kappa shape index (κ1) is 19.7. The molecule has 2 aromatic rings. The minimum absolute atomic E-state index is 0.0208. The Morgan fingerprint density at radius 2 is 1.55 bits per heavy atom. The Hall–Kier alpha value is -2.63. The van der Waals surface area contributed by atoms with Crippen LogP contribution in [-0.2, 0) is 16.1 Å².